The van der Waals surface area contributed by atoms with E-state index in [2.05, 4.69) is 0 Å². The molecule has 2 aromatic carbocycles. The lowest BCUT2D eigenvalue weighted by Crippen LogP contribution is -2.18. The number of hydrogen-bond acceptors (Lipinski definition) is 3. The first-order valence-electron chi connectivity index (χ1n) is 6.86. The van der Waals surface area contributed by atoms with Crippen molar-refractivity contribution in [2.24, 2.45) is 5.73 Å². The van der Waals surface area contributed by atoms with Crippen LogP contribution in [0.1, 0.15) is 27.6 Å². The summed E-state index contributed by atoms with van der Waals surface area (Å²) in [6.07, 6.45) is 0. The normalized spacial score (nSPS) is 10.3. The van der Waals surface area contributed by atoms with Crippen LogP contribution in [0.4, 0.5) is 18.9 Å². The quantitative estimate of drug-likeness (QED) is 0.879. The second-order valence-electron chi connectivity index (χ2n) is 4.68. The SMILES string of the molecule is CCOc1ccc(F)c(C(=O)Nc2ccc(C(N)=O)cc2F)c1F. The van der Waals surface area contributed by atoms with Crippen molar-refractivity contribution in [1.29, 1.82) is 0 Å². The number of nitrogens with one attached hydrogen (secondary N) is 1. The number of primary amides is 1. The highest BCUT2D eigenvalue weighted by molar-refractivity contribution is 6.05. The van der Waals surface area contributed by atoms with E-state index in [0.717, 1.165) is 24.3 Å². The Kier molecular flexibility index (Phi) is 5.08. The highest BCUT2D eigenvalue weighted by atomic mass is 19.1. The number of ether oxygens (including phenoxy) is 1. The molecule has 0 saturated heterocycles. The highest BCUT2D eigenvalue weighted by Crippen LogP contribution is 2.25. The van der Waals surface area contributed by atoms with Crippen LogP contribution in [0.25, 0.3) is 0 Å². The van der Waals surface area contributed by atoms with E-state index in [-0.39, 0.29) is 23.6 Å². The largest absolute Gasteiger partial charge is 0.491 e. The van der Waals surface area contributed by atoms with Crippen LogP contribution in [0.15, 0.2) is 30.3 Å². The Balaban J connectivity index is 2.34. The third-order valence-electron chi connectivity index (χ3n) is 3.08. The number of amides is 2. The van der Waals surface area contributed by atoms with Gasteiger partial charge in [-0.25, -0.2) is 13.2 Å². The lowest BCUT2D eigenvalue weighted by molar-refractivity contribution is 0.0997. The number of hydrogen-bond donors (Lipinski definition) is 2. The van der Waals surface area contributed by atoms with Gasteiger partial charge in [0.15, 0.2) is 11.6 Å². The summed E-state index contributed by atoms with van der Waals surface area (Å²) in [5, 5.41) is 2.04. The zero-order chi connectivity index (χ0) is 17.9. The lowest BCUT2D eigenvalue weighted by Gasteiger charge is -2.11. The molecule has 2 amide bonds. The van der Waals surface area contributed by atoms with Crippen LogP contribution >= 0.6 is 0 Å². The molecule has 3 N–H and O–H groups in total. The third-order valence-corrected chi connectivity index (χ3v) is 3.08. The Hall–Kier alpha value is -3.03. The third kappa shape index (κ3) is 3.48. The molecule has 5 nitrogen and oxygen atoms in total. The van der Waals surface area contributed by atoms with Gasteiger partial charge in [-0.3, -0.25) is 9.59 Å². The fraction of sp³-hybridized carbons (Fsp3) is 0.125. The predicted octanol–water partition coefficient (Wildman–Crippen LogP) is 2.85. The van der Waals surface area contributed by atoms with Gasteiger partial charge in [0, 0.05) is 5.56 Å². The van der Waals surface area contributed by atoms with E-state index in [9.17, 15) is 22.8 Å². The van der Waals surface area contributed by atoms with Gasteiger partial charge in [0.2, 0.25) is 5.91 Å². The van der Waals surface area contributed by atoms with Crippen molar-refractivity contribution < 1.29 is 27.5 Å². The standard InChI is InChI=1S/C16H13F3N2O3/c1-2-24-12-6-4-9(17)13(14(12)19)16(23)21-11-5-3-8(15(20)22)7-10(11)18/h3-7H,2H2,1H3,(H2,20,22)(H,21,23). The molecule has 0 aliphatic heterocycles. The molecule has 0 unspecified atom stereocenters. The van der Waals surface area contributed by atoms with Crippen molar-refractivity contribution in [3.8, 4) is 5.75 Å². The second kappa shape index (κ2) is 7.03. The Morgan fingerprint density at radius 2 is 1.83 bits per heavy atom. The number of nitrogens with two attached hydrogens (primary N) is 1. The summed E-state index contributed by atoms with van der Waals surface area (Å²) in [5.41, 5.74) is 3.63. The first-order valence-corrected chi connectivity index (χ1v) is 6.86. The van der Waals surface area contributed by atoms with Crippen molar-refractivity contribution in [1.82, 2.24) is 0 Å². The fourth-order valence-electron chi connectivity index (χ4n) is 1.96. The minimum absolute atomic E-state index is 0.110. The van der Waals surface area contributed by atoms with Gasteiger partial charge in [-0.1, -0.05) is 0 Å². The maximum absolute atomic E-state index is 14.2. The van der Waals surface area contributed by atoms with Crippen molar-refractivity contribution in [2.75, 3.05) is 11.9 Å². The van der Waals surface area contributed by atoms with E-state index >= 15 is 0 Å². The molecular weight excluding hydrogens is 325 g/mol. The van der Waals surface area contributed by atoms with Crippen LogP contribution in [0, 0.1) is 17.5 Å². The van der Waals surface area contributed by atoms with Crippen LogP contribution < -0.4 is 15.8 Å². The average molecular weight is 338 g/mol. The summed E-state index contributed by atoms with van der Waals surface area (Å²) in [5.74, 6) is -5.63. The predicted molar refractivity (Wildman–Crippen MR) is 80.4 cm³/mol. The summed E-state index contributed by atoms with van der Waals surface area (Å²) < 4.78 is 46.8. The Labute approximate surface area is 135 Å². The van der Waals surface area contributed by atoms with Gasteiger partial charge < -0.3 is 15.8 Å². The van der Waals surface area contributed by atoms with E-state index in [4.69, 9.17) is 10.5 Å². The van der Waals surface area contributed by atoms with Gasteiger partial charge in [0.05, 0.1) is 12.3 Å². The van der Waals surface area contributed by atoms with Gasteiger partial charge in [-0.15, -0.1) is 0 Å². The van der Waals surface area contributed by atoms with Crippen molar-refractivity contribution in [3.63, 3.8) is 0 Å². The fourth-order valence-corrected chi connectivity index (χ4v) is 1.96. The molecular formula is C16H13F3N2O3. The summed E-state index contributed by atoms with van der Waals surface area (Å²) in [6.45, 7) is 1.71. The first kappa shape index (κ1) is 17.3. The molecule has 0 spiro atoms. The molecule has 126 valence electrons. The van der Waals surface area contributed by atoms with Gasteiger partial charge in [0.1, 0.15) is 17.2 Å². The number of carbonyl (C=O) groups excluding carboxylic acids is 2. The second-order valence-corrected chi connectivity index (χ2v) is 4.68. The minimum Gasteiger partial charge on any atom is -0.491 e. The van der Waals surface area contributed by atoms with Gasteiger partial charge >= 0.3 is 0 Å². The zero-order valence-corrected chi connectivity index (χ0v) is 12.5. The van der Waals surface area contributed by atoms with Gasteiger partial charge in [-0.2, -0.15) is 0 Å². The molecule has 0 aliphatic rings. The molecule has 8 heteroatoms. The lowest BCUT2D eigenvalue weighted by atomic mass is 10.1. The van der Waals surface area contributed by atoms with E-state index in [0.29, 0.717) is 0 Å². The molecule has 0 radical (unpaired) electrons. The molecule has 2 aromatic rings. The molecule has 0 aromatic heterocycles. The Morgan fingerprint density at radius 1 is 1.12 bits per heavy atom. The average Bonchev–Trinajstić information content (AvgIpc) is 2.52. The Morgan fingerprint density at radius 3 is 2.42 bits per heavy atom. The van der Waals surface area contributed by atoms with Gasteiger partial charge in [-0.05, 0) is 37.3 Å². The Bertz CT molecular complexity index is 809. The molecule has 0 fully saturated rings. The van der Waals surface area contributed by atoms with Crippen LogP contribution in [-0.4, -0.2) is 18.4 Å². The molecule has 0 saturated carbocycles. The van der Waals surface area contributed by atoms with Crippen LogP contribution in [0.2, 0.25) is 0 Å². The van der Waals surface area contributed by atoms with E-state index in [1.54, 1.807) is 6.92 Å². The molecule has 0 bridgehead atoms. The molecule has 24 heavy (non-hydrogen) atoms. The highest BCUT2D eigenvalue weighted by Gasteiger charge is 2.22. The smallest absolute Gasteiger partial charge is 0.261 e. The van der Waals surface area contributed by atoms with Crippen molar-refractivity contribution >= 4 is 17.5 Å². The zero-order valence-electron chi connectivity index (χ0n) is 12.5. The number of halogens is 3. The maximum Gasteiger partial charge on any atom is 0.261 e. The van der Waals surface area contributed by atoms with E-state index in [1.165, 1.54) is 6.07 Å². The summed E-state index contributed by atoms with van der Waals surface area (Å²) in [4.78, 5) is 23.0. The molecule has 0 heterocycles. The molecule has 0 atom stereocenters. The van der Waals surface area contributed by atoms with Crippen LogP contribution in [0.3, 0.4) is 0 Å². The van der Waals surface area contributed by atoms with E-state index in [1.807, 2.05) is 5.32 Å². The number of carbonyl (C=O) groups is 2. The first-order chi connectivity index (χ1) is 11.3. The number of benzene rings is 2. The van der Waals surface area contributed by atoms with Crippen LogP contribution in [0.5, 0.6) is 5.75 Å². The maximum atomic E-state index is 14.2. The number of rotatable bonds is 5. The molecule has 0 aliphatic carbocycles. The van der Waals surface area contributed by atoms with Crippen LogP contribution in [-0.2, 0) is 0 Å². The summed E-state index contributed by atoms with van der Waals surface area (Å²) in [6, 6.07) is 4.96. The molecule has 2 rings (SSSR count). The summed E-state index contributed by atoms with van der Waals surface area (Å²) >= 11 is 0. The number of anilines is 1. The monoisotopic (exact) mass is 338 g/mol. The minimum atomic E-state index is -1.20. The van der Waals surface area contributed by atoms with E-state index < -0.39 is 34.8 Å². The topological polar surface area (TPSA) is 81.4 Å². The summed E-state index contributed by atoms with van der Waals surface area (Å²) in [7, 11) is 0. The van der Waals surface area contributed by atoms with Crippen molar-refractivity contribution in [3.05, 3.63) is 58.9 Å². The van der Waals surface area contributed by atoms with Crippen molar-refractivity contribution in [2.45, 2.75) is 6.92 Å². The van der Waals surface area contributed by atoms with Gasteiger partial charge in [0.25, 0.3) is 5.91 Å².